The Balaban J connectivity index is 2.16. The van der Waals surface area contributed by atoms with Gasteiger partial charge in [0.1, 0.15) is 11.6 Å². The van der Waals surface area contributed by atoms with Gasteiger partial charge in [0.05, 0.1) is 11.9 Å². The van der Waals surface area contributed by atoms with Gasteiger partial charge < -0.3 is 5.32 Å². The maximum Gasteiger partial charge on any atom is 0.266 e. The number of carbonyl (C=O) groups is 1. The van der Waals surface area contributed by atoms with Crippen LogP contribution in [0.3, 0.4) is 0 Å². The van der Waals surface area contributed by atoms with Crippen molar-refractivity contribution in [2.24, 2.45) is 0 Å². The van der Waals surface area contributed by atoms with Gasteiger partial charge in [0.25, 0.3) is 5.91 Å². The molecule has 4 heteroatoms. The summed E-state index contributed by atoms with van der Waals surface area (Å²) in [5, 5.41) is 11.8. The van der Waals surface area contributed by atoms with Crippen molar-refractivity contribution in [2.45, 2.75) is 13.3 Å². The smallest absolute Gasteiger partial charge is 0.266 e. The number of aryl methyl sites for hydroxylation is 1. The highest BCUT2D eigenvalue weighted by Gasteiger charge is 2.09. The molecule has 1 aromatic heterocycles. The Morgan fingerprint density at radius 2 is 2.10 bits per heavy atom. The van der Waals surface area contributed by atoms with Crippen molar-refractivity contribution in [1.82, 2.24) is 4.98 Å². The molecule has 0 spiro atoms. The predicted octanol–water partition coefficient (Wildman–Crippen LogP) is 3.19. The molecule has 0 bridgehead atoms. The first kappa shape index (κ1) is 14.5. The Labute approximate surface area is 123 Å². The molecule has 0 aliphatic rings. The van der Waals surface area contributed by atoms with E-state index < -0.39 is 5.91 Å². The summed E-state index contributed by atoms with van der Waals surface area (Å²) in [4.78, 5) is 16.0. The molecule has 1 heterocycles. The summed E-state index contributed by atoms with van der Waals surface area (Å²) < 4.78 is 0. The lowest BCUT2D eigenvalue weighted by Crippen LogP contribution is -2.13. The third kappa shape index (κ3) is 4.02. The number of nitriles is 1. The van der Waals surface area contributed by atoms with E-state index in [0.29, 0.717) is 5.69 Å². The molecule has 0 atom stereocenters. The Morgan fingerprint density at radius 3 is 2.67 bits per heavy atom. The van der Waals surface area contributed by atoms with E-state index in [0.717, 1.165) is 12.0 Å². The summed E-state index contributed by atoms with van der Waals surface area (Å²) in [7, 11) is 0. The Morgan fingerprint density at radius 1 is 1.33 bits per heavy atom. The van der Waals surface area contributed by atoms with Gasteiger partial charge in [0, 0.05) is 6.20 Å². The number of nitrogens with zero attached hydrogens (tertiary/aromatic N) is 2. The summed E-state index contributed by atoms with van der Waals surface area (Å²) in [6.45, 7) is 2.08. The van der Waals surface area contributed by atoms with Gasteiger partial charge in [0.15, 0.2) is 0 Å². The molecule has 0 unspecified atom stereocenters. The van der Waals surface area contributed by atoms with Gasteiger partial charge >= 0.3 is 0 Å². The number of hydrogen-bond donors (Lipinski definition) is 1. The van der Waals surface area contributed by atoms with E-state index in [2.05, 4.69) is 17.2 Å². The molecule has 0 radical (unpaired) electrons. The number of rotatable bonds is 4. The van der Waals surface area contributed by atoms with Crippen LogP contribution in [-0.4, -0.2) is 10.9 Å². The second-order valence-corrected chi connectivity index (χ2v) is 4.46. The zero-order valence-corrected chi connectivity index (χ0v) is 11.7. The fourth-order valence-corrected chi connectivity index (χ4v) is 1.80. The molecule has 0 aliphatic heterocycles. The lowest BCUT2D eigenvalue weighted by Gasteiger charge is -2.03. The zero-order valence-electron chi connectivity index (χ0n) is 11.7. The molecular formula is C17H15N3O. The Hall–Kier alpha value is -2.93. The second-order valence-electron chi connectivity index (χ2n) is 4.46. The van der Waals surface area contributed by atoms with Crippen LogP contribution in [0, 0.1) is 11.3 Å². The lowest BCUT2D eigenvalue weighted by atomic mass is 10.1. The number of benzene rings is 1. The van der Waals surface area contributed by atoms with Crippen LogP contribution >= 0.6 is 0 Å². The number of anilines is 1. The van der Waals surface area contributed by atoms with Crippen LogP contribution in [0.1, 0.15) is 18.1 Å². The van der Waals surface area contributed by atoms with E-state index >= 15 is 0 Å². The van der Waals surface area contributed by atoms with E-state index in [1.807, 2.05) is 30.3 Å². The largest absolute Gasteiger partial charge is 0.320 e. The van der Waals surface area contributed by atoms with Crippen LogP contribution in [0.25, 0.3) is 6.08 Å². The molecule has 1 N–H and O–H groups in total. The third-order valence-corrected chi connectivity index (χ3v) is 2.98. The standard InChI is InChI=1S/C17H15N3O/c1-2-13-5-7-14(8-6-13)10-15(11-18)17(21)20-16-4-3-9-19-12-16/h3-10,12H,2H2,1H3,(H,20,21)/b15-10+. The highest BCUT2D eigenvalue weighted by atomic mass is 16.1. The first-order valence-electron chi connectivity index (χ1n) is 6.65. The molecular weight excluding hydrogens is 262 g/mol. The number of hydrogen-bond acceptors (Lipinski definition) is 3. The fourth-order valence-electron chi connectivity index (χ4n) is 1.80. The molecule has 0 saturated carbocycles. The maximum absolute atomic E-state index is 12.0. The van der Waals surface area contributed by atoms with Crippen molar-refractivity contribution in [3.63, 3.8) is 0 Å². The summed E-state index contributed by atoms with van der Waals surface area (Å²) in [6, 6.07) is 13.1. The summed E-state index contributed by atoms with van der Waals surface area (Å²) in [5.41, 5.74) is 2.66. The monoisotopic (exact) mass is 277 g/mol. The average molecular weight is 277 g/mol. The highest BCUT2D eigenvalue weighted by Crippen LogP contribution is 2.11. The molecule has 4 nitrogen and oxygen atoms in total. The molecule has 21 heavy (non-hydrogen) atoms. The van der Waals surface area contributed by atoms with Crippen molar-refractivity contribution < 1.29 is 4.79 Å². The Bertz CT molecular complexity index is 682. The van der Waals surface area contributed by atoms with Gasteiger partial charge in [-0.15, -0.1) is 0 Å². The predicted molar refractivity (Wildman–Crippen MR) is 82.3 cm³/mol. The van der Waals surface area contributed by atoms with Crippen LogP contribution in [-0.2, 0) is 11.2 Å². The minimum Gasteiger partial charge on any atom is -0.320 e. The minimum atomic E-state index is -0.440. The summed E-state index contributed by atoms with van der Waals surface area (Å²) in [5.74, 6) is -0.440. The van der Waals surface area contributed by atoms with Crippen LogP contribution in [0.5, 0.6) is 0 Å². The first-order chi connectivity index (χ1) is 10.2. The number of pyridine rings is 1. The van der Waals surface area contributed by atoms with Gasteiger partial charge in [-0.2, -0.15) is 5.26 Å². The average Bonchev–Trinajstić information content (AvgIpc) is 2.54. The molecule has 2 aromatic rings. The number of nitrogens with one attached hydrogen (secondary N) is 1. The molecule has 104 valence electrons. The lowest BCUT2D eigenvalue weighted by molar-refractivity contribution is -0.112. The number of aromatic nitrogens is 1. The highest BCUT2D eigenvalue weighted by molar-refractivity contribution is 6.09. The molecule has 0 aliphatic carbocycles. The summed E-state index contributed by atoms with van der Waals surface area (Å²) in [6.07, 6.45) is 5.68. The van der Waals surface area contributed by atoms with E-state index in [1.165, 1.54) is 11.8 Å². The van der Waals surface area contributed by atoms with Gasteiger partial charge in [-0.25, -0.2) is 0 Å². The first-order valence-corrected chi connectivity index (χ1v) is 6.65. The van der Waals surface area contributed by atoms with Gasteiger partial charge in [-0.3, -0.25) is 9.78 Å². The third-order valence-electron chi connectivity index (χ3n) is 2.98. The summed E-state index contributed by atoms with van der Waals surface area (Å²) >= 11 is 0. The van der Waals surface area contributed by atoms with E-state index in [9.17, 15) is 4.79 Å². The molecule has 2 rings (SSSR count). The van der Waals surface area contributed by atoms with Crippen molar-refractivity contribution in [3.05, 3.63) is 65.5 Å². The molecule has 1 amide bonds. The van der Waals surface area contributed by atoms with E-state index in [1.54, 1.807) is 24.4 Å². The van der Waals surface area contributed by atoms with Crippen LogP contribution < -0.4 is 5.32 Å². The van der Waals surface area contributed by atoms with E-state index in [4.69, 9.17) is 5.26 Å². The van der Waals surface area contributed by atoms with Crippen molar-refractivity contribution in [1.29, 1.82) is 5.26 Å². The van der Waals surface area contributed by atoms with Crippen molar-refractivity contribution in [2.75, 3.05) is 5.32 Å². The number of amides is 1. The molecule has 1 aromatic carbocycles. The van der Waals surface area contributed by atoms with Crippen LogP contribution in [0.2, 0.25) is 0 Å². The SMILES string of the molecule is CCc1ccc(/C=C(\C#N)C(=O)Nc2cccnc2)cc1. The quantitative estimate of drug-likeness (QED) is 0.689. The normalized spacial score (nSPS) is 10.8. The Kier molecular flexibility index (Phi) is 4.84. The van der Waals surface area contributed by atoms with Crippen LogP contribution in [0.4, 0.5) is 5.69 Å². The van der Waals surface area contributed by atoms with Gasteiger partial charge in [0.2, 0.25) is 0 Å². The van der Waals surface area contributed by atoms with Crippen molar-refractivity contribution >= 4 is 17.7 Å². The van der Waals surface area contributed by atoms with Crippen molar-refractivity contribution in [3.8, 4) is 6.07 Å². The second kappa shape index (κ2) is 7.01. The maximum atomic E-state index is 12.0. The minimum absolute atomic E-state index is 0.0584. The zero-order chi connectivity index (χ0) is 15.1. The molecule has 0 fully saturated rings. The van der Waals surface area contributed by atoms with Crippen LogP contribution in [0.15, 0.2) is 54.4 Å². The van der Waals surface area contributed by atoms with E-state index in [-0.39, 0.29) is 5.57 Å². The van der Waals surface area contributed by atoms with Gasteiger partial charge in [-0.1, -0.05) is 31.2 Å². The number of carbonyl (C=O) groups excluding carboxylic acids is 1. The fraction of sp³-hybridized carbons (Fsp3) is 0.118. The molecule has 0 saturated heterocycles. The van der Waals surface area contributed by atoms with Gasteiger partial charge in [-0.05, 0) is 35.8 Å². The topological polar surface area (TPSA) is 65.8 Å².